The largest absolute Gasteiger partial charge is 0.493 e. The Morgan fingerprint density at radius 3 is 2.66 bits per heavy atom. The number of carbonyl (C=O) groups excluding carboxylic acids is 1. The summed E-state index contributed by atoms with van der Waals surface area (Å²) in [7, 11) is 3.18. The molecule has 7 nitrogen and oxygen atoms in total. The zero-order chi connectivity index (χ0) is 24.1. The average Bonchev–Trinajstić information content (AvgIpc) is 3.27. The van der Waals surface area contributed by atoms with Gasteiger partial charge in [-0.15, -0.1) is 12.4 Å². The number of nitrogens with zero attached hydrogens (tertiary/aromatic N) is 3. The van der Waals surface area contributed by atoms with Gasteiger partial charge in [0, 0.05) is 37.3 Å². The van der Waals surface area contributed by atoms with Gasteiger partial charge in [0.25, 0.3) is 5.91 Å². The van der Waals surface area contributed by atoms with Crippen LogP contribution in [0.15, 0.2) is 36.4 Å². The molecule has 188 valence electrons. The first kappa shape index (κ1) is 27.2. The molecule has 0 radical (unpaired) electrons. The molecule has 1 saturated heterocycles. The highest BCUT2D eigenvalue weighted by Crippen LogP contribution is 2.33. The first-order valence-electron chi connectivity index (χ1n) is 11.1. The maximum atomic E-state index is 13.4. The molecule has 0 N–H and O–H groups in total. The lowest BCUT2D eigenvalue weighted by molar-refractivity contribution is -0.114. The second-order valence-corrected chi connectivity index (χ2v) is 9.40. The number of morpholine rings is 1. The summed E-state index contributed by atoms with van der Waals surface area (Å²) in [6.07, 6.45) is 3.36. The molecule has 1 amide bonds. The van der Waals surface area contributed by atoms with E-state index >= 15 is 0 Å². The molecular formula is C25H29Cl2N3O4S. The van der Waals surface area contributed by atoms with E-state index in [2.05, 4.69) is 4.90 Å². The molecule has 10 heteroatoms. The Kier molecular flexibility index (Phi) is 9.77. The van der Waals surface area contributed by atoms with Crippen LogP contribution in [0.2, 0.25) is 5.02 Å². The summed E-state index contributed by atoms with van der Waals surface area (Å²) in [4.78, 5) is 22.2. The lowest BCUT2D eigenvalue weighted by Gasteiger charge is -2.28. The molecule has 0 unspecified atom stereocenters. The van der Waals surface area contributed by atoms with E-state index in [1.807, 2.05) is 37.3 Å². The first-order valence-corrected chi connectivity index (χ1v) is 12.3. The summed E-state index contributed by atoms with van der Waals surface area (Å²) in [6.45, 7) is 6.40. The fourth-order valence-corrected chi connectivity index (χ4v) is 5.29. The Bertz CT molecular complexity index is 1190. The zero-order valence-electron chi connectivity index (χ0n) is 20.0. The number of aryl methyl sites for hydroxylation is 1. The van der Waals surface area contributed by atoms with Crippen LogP contribution in [0.3, 0.4) is 0 Å². The number of benzene rings is 2. The van der Waals surface area contributed by atoms with Gasteiger partial charge in [-0.2, -0.15) is 0 Å². The van der Waals surface area contributed by atoms with Crippen molar-refractivity contribution in [3.63, 3.8) is 0 Å². The average molecular weight is 538 g/mol. The minimum Gasteiger partial charge on any atom is -0.493 e. The van der Waals surface area contributed by atoms with Crippen LogP contribution in [0.5, 0.6) is 11.5 Å². The van der Waals surface area contributed by atoms with Crippen LogP contribution in [-0.2, 0) is 9.53 Å². The van der Waals surface area contributed by atoms with Crippen LogP contribution in [0.4, 0.5) is 5.13 Å². The predicted molar refractivity (Wildman–Crippen MR) is 145 cm³/mol. The van der Waals surface area contributed by atoms with Crippen LogP contribution in [0.25, 0.3) is 16.3 Å². The van der Waals surface area contributed by atoms with Gasteiger partial charge in [-0.05, 0) is 48.4 Å². The minimum atomic E-state index is -0.133. The third-order valence-corrected chi connectivity index (χ3v) is 6.95. The second-order valence-electron chi connectivity index (χ2n) is 7.96. The first-order chi connectivity index (χ1) is 16.5. The number of ether oxygens (including phenoxy) is 3. The monoisotopic (exact) mass is 537 g/mol. The van der Waals surface area contributed by atoms with Crippen molar-refractivity contribution in [3.8, 4) is 11.5 Å². The number of hydrogen-bond acceptors (Lipinski definition) is 7. The van der Waals surface area contributed by atoms with Gasteiger partial charge in [-0.25, -0.2) is 4.98 Å². The highest BCUT2D eigenvalue weighted by molar-refractivity contribution is 7.22. The Labute approximate surface area is 220 Å². The van der Waals surface area contributed by atoms with E-state index in [0.29, 0.717) is 41.4 Å². The Hall–Kier alpha value is -2.36. The molecule has 1 aliphatic rings. The number of rotatable bonds is 8. The summed E-state index contributed by atoms with van der Waals surface area (Å²) in [6, 6.07) is 9.33. The molecule has 0 aliphatic carbocycles. The van der Waals surface area contributed by atoms with Gasteiger partial charge in [0.05, 0.1) is 37.6 Å². The van der Waals surface area contributed by atoms with Gasteiger partial charge in [0.2, 0.25) is 0 Å². The van der Waals surface area contributed by atoms with E-state index in [0.717, 1.165) is 41.0 Å². The molecule has 2 aromatic carbocycles. The molecule has 35 heavy (non-hydrogen) atoms. The van der Waals surface area contributed by atoms with Crippen LogP contribution in [0.1, 0.15) is 11.1 Å². The maximum Gasteiger partial charge on any atom is 0.252 e. The highest BCUT2D eigenvalue weighted by Gasteiger charge is 2.21. The van der Waals surface area contributed by atoms with Crippen LogP contribution < -0.4 is 14.4 Å². The molecule has 0 bridgehead atoms. The standard InChI is InChI=1S/C25H28ClN3O4S.ClH/c1-17-14-19(26)16-22-24(17)27-25(34-22)29(9-8-28-10-12-33-13-11-28)23(30)7-5-18-4-6-20(31-2)21(15-18)32-3;/h4-7,14-16H,8-13H2,1-3H3;1H. The normalized spacial score (nSPS) is 14.2. The molecule has 0 atom stereocenters. The van der Waals surface area contributed by atoms with E-state index in [9.17, 15) is 4.79 Å². The molecule has 3 aromatic rings. The third kappa shape index (κ3) is 6.65. The van der Waals surface area contributed by atoms with E-state index < -0.39 is 0 Å². The van der Waals surface area contributed by atoms with Gasteiger partial charge in [0.1, 0.15) is 0 Å². The van der Waals surface area contributed by atoms with E-state index in [1.54, 1.807) is 31.3 Å². The molecule has 0 saturated carbocycles. The fourth-order valence-electron chi connectivity index (χ4n) is 3.84. The van der Waals surface area contributed by atoms with Gasteiger partial charge in [0.15, 0.2) is 16.6 Å². The van der Waals surface area contributed by atoms with Crippen molar-refractivity contribution in [1.29, 1.82) is 0 Å². The number of fused-ring (bicyclic) bond motifs is 1. The van der Waals surface area contributed by atoms with E-state index in [4.69, 9.17) is 30.8 Å². The molecular weight excluding hydrogens is 509 g/mol. The number of carbonyl (C=O) groups is 1. The molecule has 2 heterocycles. The summed E-state index contributed by atoms with van der Waals surface area (Å²) in [5.74, 6) is 1.12. The van der Waals surface area contributed by atoms with E-state index in [-0.39, 0.29) is 18.3 Å². The summed E-state index contributed by atoms with van der Waals surface area (Å²) >= 11 is 7.73. The highest BCUT2D eigenvalue weighted by atomic mass is 35.5. The molecule has 1 aliphatic heterocycles. The predicted octanol–water partition coefficient (Wildman–Crippen LogP) is 5.08. The van der Waals surface area contributed by atoms with Crippen molar-refractivity contribution in [2.24, 2.45) is 0 Å². The Morgan fingerprint density at radius 1 is 1.20 bits per heavy atom. The second kappa shape index (κ2) is 12.6. The van der Waals surface area contributed by atoms with Crippen molar-refractivity contribution in [2.75, 3.05) is 58.5 Å². The Balaban J connectivity index is 0.00000342. The molecule has 4 rings (SSSR count). The number of halogens is 2. The number of thiazole rings is 1. The van der Waals surface area contributed by atoms with Crippen LogP contribution >= 0.6 is 35.3 Å². The zero-order valence-corrected chi connectivity index (χ0v) is 22.3. The number of amides is 1. The summed E-state index contributed by atoms with van der Waals surface area (Å²) in [5, 5.41) is 1.33. The molecule has 0 spiro atoms. The number of aromatic nitrogens is 1. The molecule has 1 aromatic heterocycles. The van der Waals surface area contributed by atoms with Gasteiger partial charge < -0.3 is 14.2 Å². The van der Waals surface area contributed by atoms with Gasteiger partial charge in [-0.3, -0.25) is 14.6 Å². The number of anilines is 1. The quantitative estimate of drug-likeness (QED) is 0.373. The van der Waals surface area contributed by atoms with Crippen molar-refractivity contribution in [2.45, 2.75) is 6.92 Å². The SMILES string of the molecule is COc1ccc(C=CC(=O)N(CCN2CCOCC2)c2nc3c(C)cc(Cl)cc3s2)cc1OC.Cl. The van der Waals surface area contributed by atoms with E-state index in [1.165, 1.54) is 11.3 Å². The lowest BCUT2D eigenvalue weighted by atomic mass is 10.2. The summed E-state index contributed by atoms with van der Waals surface area (Å²) in [5.41, 5.74) is 2.70. The van der Waals surface area contributed by atoms with Crippen LogP contribution in [0, 0.1) is 6.92 Å². The van der Waals surface area contributed by atoms with Crippen molar-refractivity contribution in [3.05, 3.63) is 52.6 Å². The van der Waals surface area contributed by atoms with Crippen LogP contribution in [-0.4, -0.2) is 69.4 Å². The number of methoxy groups -OCH3 is 2. The van der Waals surface area contributed by atoms with Gasteiger partial charge in [-0.1, -0.05) is 29.0 Å². The van der Waals surface area contributed by atoms with Crippen molar-refractivity contribution >= 4 is 62.7 Å². The Morgan fingerprint density at radius 2 is 1.94 bits per heavy atom. The topological polar surface area (TPSA) is 64.1 Å². The third-order valence-electron chi connectivity index (χ3n) is 5.71. The van der Waals surface area contributed by atoms with Gasteiger partial charge >= 0.3 is 0 Å². The van der Waals surface area contributed by atoms with Crippen molar-refractivity contribution in [1.82, 2.24) is 9.88 Å². The minimum absolute atomic E-state index is 0. The fraction of sp³-hybridized carbons (Fsp3) is 0.360. The number of hydrogen-bond donors (Lipinski definition) is 0. The molecule has 1 fully saturated rings. The lowest BCUT2D eigenvalue weighted by Crippen LogP contribution is -2.42. The summed E-state index contributed by atoms with van der Waals surface area (Å²) < 4.78 is 17.1. The van der Waals surface area contributed by atoms with Crippen molar-refractivity contribution < 1.29 is 19.0 Å². The maximum absolute atomic E-state index is 13.4. The smallest absolute Gasteiger partial charge is 0.252 e.